The Morgan fingerprint density at radius 3 is 2.54 bits per heavy atom. The zero-order valence-corrected chi connectivity index (χ0v) is 17.7. The lowest BCUT2D eigenvalue weighted by Gasteiger charge is -2.13. The van der Waals surface area contributed by atoms with E-state index < -0.39 is 0 Å². The van der Waals surface area contributed by atoms with Crippen LogP contribution in [0, 0.1) is 6.92 Å². The number of carbonyl (C=O) groups excluding carboxylic acids is 2. The summed E-state index contributed by atoms with van der Waals surface area (Å²) in [4.78, 5) is 27.7. The fourth-order valence-electron chi connectivity index (χ4n) is 3.41. The van der Waals surface area contributed by atoms with Crippen molar-refractivity contribution in [3.8, 4) is 0 Å². The summed E-state index contributed by atoms with van der Waals surface area (Å²) >= 11 is 14.0. The summed E-state index contributed by atoms with van der Waals surface area (Å²) in [6.07, 6.45) is 2.06. The minimum Gasteiger partial charge on any atom is -0.338 e. The molecule has 3 aromatic rings. The van der Waals surface area contributed by atoms with Crippen LogP contribution in [0.3, 0.4) is 0 Å². The molecule has 1 N–H and O–H groups in total. The molecule has 0 aliphatic carbocycles. The highest BCUT2D eigenvalue weighted by molar-refractivity contribution is 7.21. The molecule has 0 unspecified atom stereocenters. The molecule has 3 heterocycles. The maximum atomic E-state index is 12.7. The average molecular weight is 437 g/mol. The van der Waals surface area contributed by atoms with Crippen LogP contribution in [-0.2, 0) is 7.05 Å². The molecule has 1 aromatic carbocycles. The zero-order chi connectivity index (χ0) is 20.0. The molecule has 0 radical (unpaired) electrons. The lowest BCUT2D eigenvalue weighted by Crippen LogP contribution is -2.26. The Morgan fingerprint density at radius 1 is 1.18 bits per heavy atom. The van der Waals surface area contributed by atoms with Crippen molar-refractivity contribution in [3.63, 3.8) is 0 Å². The Morgan fingerprint density at radius 2 is 1.89 bits per heavy atom. The van der Waals surface area contributed by atoms with Crippen LogP contribution in [0.2, 0.25) is 10.0 Å². The first-order valence-corrected chi connectivity index (χ1v) is 10.5. The van der Waals surface area contributed by atoms with Gasteiger partial charge in [-0.2, -0.15) is 5.10 Å². The number of nitrogens with one attached hydrogen (secondary N) is 1. The van der Waals surface area contributed by atoms with Gasteiger partial charge in [-0.25, -0.2) is 0 Å². The number of hydrogen-bond acceptors (Lipinski definition) is 4. The molecule has 0 atom stereocenters. The lowest BCUT2D eigenvalue weighted by molar-refractivity contribution is 0.0797. The second kappa shape index (κ2) is 7.39. The predicted molar refractivity (Wildman–Crippen MR) is 113 cm³/mol. The van der Waals surface area contributed by atoms with Crippen LogP contribution >= 0.6 is 34.5 Å². The van der Waals surface area contributed by atoms with Crippen LogP contribution in [0.25, 0.3) is 10.1 Å². The second-order valence-electron chi connectivity index (χ2n) is 6.78. The molecule has 0 spiro atoms. The Bertz CT molecular complexity index is 1100. The number of aryl methyl sites for hydroxylation is 2. The highest BCUT2D eigenvalue weighted by Crippen LogP contribution is 2.38. The van der Waals surface area contributed by atoms with Crippen molar-refractivity contribution >= 4 is 62.1 Å². The van der Waals surface area contributed by atoms with Gasteiger partial charge in [-0.05, 0) is 38.0 Å². The van der Waals surface area contributed by atoms with E-state index in [1.165, 1.54) is 16.0 Å². The number of benzene rings is 1. The second-order valence-corrected chi connectivity index (χ2v) is 8.59. The van der Waals surface area contributed by atoms with Crippen LogP contribution in [0.1, 0.15) is 38.7 Å². The average Bonchev–Trinajstić information content (AvgIpc) is 3.35. The Kier molecular flexibility index (Phi) is 5.07. The molecule has 2 amide bonds. The number of fused-ring (bicyclic) bond motifs is 1. The van der Waals surface area contributed by atoms with Crippen LogP contribution in [0.15, 0.2) is 18.2 Å². The van der Waals surface area contributed by atoms with Gasteiger partial charge in [0.05, 0.1) is 15.7 Å². The van der Waals surface area contributed by atoms with Crippen LogP contribution < -0.4 is 5.32 Å². The number of anilines is 1. The van der Waals surface area contributed by atoms with Crippen molar-refractivity contribution in [1.29, 1.82) is 0 Å². The SMILES string of the molecule is Cc1nn(C)c(C(=O)Nc2ccc3c(Cl)c(C(=O)N4CCCC4)sc3c2)c1Cl. The number of halogens is 2. The number of hydrogen-bond donors (Lipinski definition) is 1. The van der Waals surface area contributed by atoms with Gasteiger partial charge in [-0.1, -0.05) is 23.2 Å². The molecule has 0 saturated carbocycles. The van der Waals surface area contributed by atoms with E-state index in [0.29, 0.717) is 32.0 Å². The van der Waals surface area contributed by atoms with Crippen LogP contribution in [0.5, 0.6) is 0 Å². The minimum atomic E-state index is -0.344. The summed E-state index contributed by atoms with van der Waals surface area (Å²) in [7, 11) is 1.67. The molecule has 146 valence electrons. The summed E-state index contributed by atoms with van der Waals surface area (Å²) in [5.41, 5.74) is 1.50. The van der Waals surface area contributed by atoms with Crippen LogP contribution in [-0.4, -0.2) is 39.6 Å². The smallest absolute Gasteiger partial charge is 0.275 e. The summed E-state index contributed by atoms with van der Waals surface area (Å²) in [5, 5.41) is 8.62. The standard InChI is InChI=1S/C19H18Cl2N4O2S/c1-10-14(20)16(24(2)23-10)18(26)22-11-5-6-12-13(9-11)28-17(15(12)21)19(27)25-7-3-4-8-25/h5-6,9H,3-4,7-8H2,1-2H3,(H,22,26). The summed E-state index contributed by atoms with van der Waals surface area (Å²) < 4.78 is 2.30. The number of aromatic nitrogens is 2. The van der Waals surface area contributed by atoms with E-state index in [-0.39, 0.29) is 11.8 Å². The van der Waals surface area contributed by atoms with Gasteiger partial charge < -0.3 is 10.2 Å². The van der Waals surface area contributed by atoms with Gasteiger partial charge in [0.1, 0.15) is 10.6 Å². The van der Waals surface area contributed by atoms with Crippen molar-refractivity contribution in [2.75, 3.05) is 18.4 Å². The number of thiophene rings is 1. The first kappa shape index (κ1) is 19.2. The topological polar surface area (TPSA) is 67.2 Å². The minimum absolute atomic E-state index is 0.0218. The highest BCUT2D eigenvalue weighted by Gasteiger charge is 2.25. The van der Waals surface area contributed by atoms with Crippen molar-refractivity contribution in [2.45, 2.75) is 19.8 Å². The number of likely N-dealkylation sites (tertiary alicyclic amines) is 1. The quantitative estimate of drug-likeness (QED) is 0.644. The molecule has 9 heteroatoms. The van der Waals surface area contributed by atoms with Crippen molar-refractivity contribution in [1.82, 2.24) is 14.7 Å². The highest BCUT2D eigenvalue weighted by atomic mass is 35.5. The zero-order valence-electron chi connectivity index (χ0n) is 15.4. The van der Waals surface area contributed by atoms with E-state index in [9.17, 15) is 9.59 Å². The first-order chi connectivity index (χ1) is 13.4. The van der Waals surface area contributed by atoms with E-state index in [1.54, 1.807) is 20.0 Å². The van der Waals surface area contributed by atoms with E-state index in [2.05, 4.69) is 10.4 Å². The summed E-state index contributed by atoms with van der Waals surface area (Å²) in [6.45, 7) is 3.29. The molecule has 1 aliphatic rings. The van der Waals surface area contributed by atoms with Gasteiger partial charge in [-0.15, -0.1) is 11.3 Å². The van der Waals surface area contributed by atoms with Gasteiger partial charge in [0, 0.05) is 35.9 Å². The van der Waals surface area contributed by atoms with E-state index >= 15 is 0 Å². The third kappa shape index (κ3) is 3.27. The summed E-state index contributed by atoms with van der Waals surface area (Å²) in [5.74, 6) is -0.366. The molecule has 6 nitrogen and oxygen atoms in total. The normalized spacial score (nSPS) is 14.1. The number of rotatable bonds is 3. The fraction of sp³-hybridized carbons (Fsp3) is 0.316. The van der Waals surface area contributed by atoms with E-state index in [4.69, 9.17) is 23.2 Å². The van der Waals surface area contributed by atoms with Crippen molar-refractivity contribution in [2.24, 2.45) is 7.05 Å². The largest absolute Gasteiger partial charge is 0.338 e. The third-order valence-electron chi connectivity index (χ3n) is 4.84. The van der Waals surface area contributed by atoms with Crippen LogP contribution in [0.4, 0.5) is 5.69 Å². The molecule has 0 bridgehead atoms. The maximum absolute atomic E-state index is 12.7. The Hall–Kier alpha value is -2.09. The monoisotopic (exact) mass is 436 g/mol. The van der Waals surface area contributed by atoms with E-state index in [1.807, 2.05) is 17.0 Å². The number of carbonyl (C=O) groups is 2. The molecule has 4 rings (SSSR count). The van der Waals surface area contributed by atoms with Gasteiger partial charge in [-0.3, -0.25) is 14.3 Å². The molecular formula is C19H18Cl2N4O2S. The first-order valence-electron chi connectivity index (χ1n) is 8.88. The Balaban J connectivity index is 1.63. The molecule has 2 aromatic heterocycles. The molecule has 1 aliphatic heterocycles. The number of amides is 2. The van der Waals surface area contributed by atoms with Crippen molar-refractivity contribution in [3.05, 3.63) is 44.5 Å². The summed E-state index contributed by atoms with van der Waals surface area (Å²) in [6, 6.07) is 5.41. The molecule has 1 fully saturated rings. The molecule has 28 heavy (non-hydrogen) atoms. The van der Waals surface area contributed by atoms with E-state index in [0.717, 1.165) is 36.0 Å². The predicted octanol–water partition coefficient (Wildman–Crippen LogP) is 4.74. The third-order valence-corrected chi connectivity index (χ3v) is 6.94. The van der Waals surface area contributed by atoms with Crippen molar-refractivity contribution < 1.29 is 9.59 Å². The molecular weight excluding hydrogens is 419 g/mol. The number of nitrogens with zero attached hydrogens (tertiary/aromatic N) is 3. The fourth-order valence-corrected chi connectivity index (χ4v) is 5.18. The van der Waals surface area contributed by atoms with Gasteiger partial charge in [0.15, 0.2) is 0 Å². The van der Waals surface area contributed by atoms with Gasteiger partial charge in [0.25, 0.3) is 11.8 Å². The lowest BCUT2D eigenvalue weighted by atomic mass is 10.2. The van der Waals surface area contributed by atoms with Gasteiger partial charge >= 0.3 is 0 Å². The maximum Gasteiger partial charge on any atom is 0.275 e. The molecule has 1 saturated heterocycles. The Labute approximate surface area is 176 Å². The van der Waals surface area contributed by atoms with Gasteiger partial charge in [0.2, 0.25) is 0 Å².